The Hall–Kier alpha value is -0.880. The first-order valence-corrected chi connectivity index (χ1v) is 8.95. The molecule has 0 aliphatic carbocycles. The molecule has 0 bridgehead atoms. The van der Waals surface area contributed by atoms with Gasteiger partial charge in [-0.3, -0.25) is 0 Å². The third kappa shape index (κ3) is 2.31. The third-order valence-corrected chi connectivity index (χ3v) is 6.29. The Kier molecular flexibility index (Phi) is 3.57. The predicted octanol–water partition coefficient (Wildman–Crippen LogP) is 3.71. The van der Waals surface area contributed by atoms with E-state index in [1.807, 2.05) is 0 Å². The minimum atomic E-state index is -0.216. The van der Waals surface area contributed by atoms with Crippen molar-refractivity contribution in [1.82, 2.24) is 15.3 Å². The second kappa shape index (κ2) is 5.34. The number of ether oxygens (including phenoxy) is 1. The molecule has 0 unspecified atom stereocenters. The maximum absolute atomic E-state index is 6.36. The monoisotopic (exact) mass is 337 g/mol. The summed E-state index contributed by atoms with van der Waals surface area (Å²) in [4.78, 5) is 9.03. The van der Waals surface area contributed by atoms with Crippen LogP contribution in [0.4, 0.5) is 0 Å². The van der Waals surface area contributed by atoms with Crippen molar-refractivity contribution in [2.45, 2.75) is 50.8 Å². The largest absolute Gasteiger partial charge is 0.369 e. The van der Waals surface area contributed by atoms with Gasteiger partial charge in [0.05, 0.1) is 29.0 Å². The zero-order chi connectivity index (χ0) is 15.3. The highest BCUT2D eigenvalue weighted by Gasteiger charge is 2.46. The molecular formula is C16H20ClN3OS. The molecule has 118 valence electrons. The Labute approximate surface area is 139 Å². The molecule has 22 heavy (non-hydrogen) atoms. The third-order valence-electron chi connectivity index (χ3n) is 4.80. The molecule has 2 aromatic heterocycles. The first kappa shape index (κ1) is 14.7. The zero-order valence-electron chi connectivity index (χ0n) is 12.8. The predicted molar refractivity (Wildman–Crippen MR) is 88.6 cm³/mol. The van der Waals surface area contributed by atoms with E-state index in [1.165, 1.54) is 10.4 Å². The maximum Gasteiger partial charge on any atom is 0.106 e. The van der Waals surface area contributed by atoms with Crippen LogP contribution in [0, 0.1) is 6.92 Å². The van der Waals surface area contributed by atoms with E-state index < -0.39 is 0 Å². The summed E-state index contributed by atoms with van der Waals surface area (Å²) in [7, 11) is 0. The van der Waals surface area contributed by atoms with Gasteiger partial charge in [-0.2, -0.15) is 0 Å². The Morgan fingerprint density at radius 3 is 3.09 bits per heavy atom. The van der Waals surface area contributed by atoms with Crippen molar-refractivity contribution >= 4 is 22.9 Å². The van der Waals surface area contributed by atoms with Gasteiger partial charge in [-0.1, -0.05) is 11.6 Å². The average molecular weight is 338 g/mol. The van der Waals surface area contributed by atoms with Crippen LogP contribution >= 0.6 is 22.9 Å². The minimum Gasteiger partial charge on any atom is -0.369 e. The van der Waals surface area contributed by atoms with Gasteiger partial charge in [0.2, 0.25) is 0 Å². The number of aryl methyl sites for hydroxylation is 1. The standard InChI is InChI=1S/C16H20ClN3OS/c1-9-6-16(7-12(20-9)14-10(2)18-8-19-14)15-11(3-4-21-16)5-13(17)22-15/h5,8-9,12,20H,3-4,6-7H2,1-2H3,(H,18,19)/t9-,12-,16-/m0/s1. The van der Waals surface area contributed by atoms with Crippen molar-refractivity contribution in [2.75, 3.05) is 6.61 Å². The molecule has 2 aliphatic heterocycles. The van der Waals surface area contributed by atoms with E-state index in [0.717, 1.165) is 41.6 Å². The average Bonchev–Trinajstić information content (AvgIpc) is 3.04. The van der Waals surface area contributed by atoms with Crippen LogP contribution in [-0.2, 0) is 16.8 Å². The molecule has 0 amide bonds. The van der Waals surface area contributed by atoms with E-state index >= 15 is 0 Å². The topological polar surface area (TPSA) is 49.9 Å². The van der Waals surface area contributed by atoms with Crippen LogP contribution in [0.15, 0.2) is 12.4 Å². The summed E-state index contributed by atoms with van der Waals surface area (Å²) in [6, 6.07) is 2.70. The van der Waals surface area contributed by atoms with Crippen molar-refractivity contribution in [3.8, 4) is 0 Å². The van der Waals surface area contributed by atoms with Gasteiger partial charge in [0, 0.05) is 23.0 Å². The van der Waals surface area contributed by atoms with Crippen molar-refractivity contribution in [3.05, 3.63) is 38.6 Å². The number of hydrogen-bond donors (Lipinski definition) is 2. The van der Waals surface area contributed by atoms with E-state index in [1.54, 1.807) is 17.7 Å². The molecule has 6 heteroatoms. The molecule has 2 aliphatic rings. The second-order valence-electron chi connectivity index (χ2n) is 6.44. The molecule has 1 fully saturated rings. The molecule has 1 saturated heterocycles. The zero-order valence-corrected chi connectivity index (χ0v) is 14.4. The number of H-pyrrole nitrogens is 1. The Morgan fingerprint density at radius 1 is 1.45 bits per heavy atom. The Bertz CT molecular complexity index is 697. The van der Waals surface area contributed by atoms with Gasteiger partial charge in [-0.25, -0.2) is 4.98 Å². The fourth-order valence-corrected chi connectivity index (χ4v) is 5.42. The summed E-state index contributed by atoms with van der Waals surface area (Å²) in [5, 5.41) is 3.68. The van der Waals surface area contributed by atoms with Crippen LogP contribution < -0.4 is 5.32 Å². The molecule has 0 aromatic carbocycles. The first-order valence-electron chi connectivity index (χ1n) is 7.76. The van der Waals surface area contributed by atoms with E-state index in [9.17, 15) is 0 Å². The summed E-state index contributed by atoms with van der Waals surface area (Å²) in [5.74, 6) is 0. The lowest BCUT2D eigenvalue weighted by Gasteiger charge is -2.45. The van der Waals surface area contributed by atoms with Crippen LogP contribution in [0.5, 0.6) is 0 Å². The van der Waals surface area contributed by atoms with E-state index in [-0.39, 0.29) is 11.6 Å². The summed E-state index contributed by atoms with van der Waals surface area (Å²) in [5.41, 5.74) is 3.38. The Morgan fingerprint density at radius 2 is 2.32 bits per heavy atom. The van der Waals surface area contributed by atoms with Gasteiger partial charge >= 0.3 is 0 Å². The number of piperidine rings is 1. The first-order chi connectivity index (χ1) is 10.6. The molecule has 2 N–H and O–H groups in total. The van der Waals surface area contributed by atoms with Gasteiger partial charge in [-0.15, -0.1) is 11.3 Å². The van der Waals surface area contributed by atoms with Gasteiger partial charge in [0.1, 0.15) is 5.60 Å². The molecule has 4 rings (SSSR count). The van der Waals surface area contributed by atoms with E-state index in [0.29, 0.717) is 6.04 Å². The Balaban J connectivity index is 1.74. The lowest BCUT2D eigenvalue weighted by Crippen LogP contribution is -2.49. The van der Waals surface area contributed by atoms with Gasteiger partial charge in [0.15, 0.2) is 0 Å². The van der Waals surface area contributed by atoms with E-state index in [2.05, 4.69) is 35.2 Å². The summed E-state index contributed by atoms with van der Waals surface area (Å²) >= 11 is 7.97. The number of rotatable bonds is 1. The highest BCUT2D eigenvalue weighted by Crippen LogP contribution is 2.49. The fraction of sp³-hybridized carbons (Fsp3) is 0.562. The van der Waals surface area contributed by atoms with Crippen molar-refractivity contribution in [3.63, 3.8) is 0 Å². The van der Waals surface area contributed by atoms with Gasteiger partial charge in [-0.05, 0) is 38.3 Å². The lowest BCUT2D eigenvalue weighted by molar-refractivity contribution is -0.0957. The number of nitrogens with zero attached hydrogens (tertiary/aromatic N) is 1. The van der Waals surface area contributed by atoms with Crippen molar-refractivity contribution in [2.24, 2.45) is 0 Å². The smallest absolute Gasteiger partial charge is 0.106 e. The molecule has 3 atom stereocenters. The molecule has 0 saturated carbocycles. The molecule has 1 spiro atoms. The number of halogens is 1. The molecule has 4 nitrogen and oxygen atoms in total. The van der Waals surface area contributed by atoms with E-state index in [4.69, 9.17) is 16.3 Å². The van der Waals surface area contributed by atoms with Gasteiger partial charge < -0.3 is 15.0 Å². The number of aromatic nitrogens is 2. The molecular weight excluding hydrogens is 318 g/mol. The van der Waals surface area contributed by atoms with Crippen LogP contribution in [0.1, 0.15) is 47.6 Å². The fourth-order valence-electron chi connectivity index (χ4n) is 3.96. The molecule has 2 aromatic rings. The van der Waals surface area contributed by atoms with Crippen LogP contribution in [0.25, 0.3) is 0 Å². The highest BCUT2D eigenvalue weighted by atomic mass is 35.5. The summed E-state index contributed by atoms with van der Waals surface area (Å²) in [6.07, 6.45) is 4.63. The van der Waals surface area contributed by atoms with Crippen LogP contribution in [0.2, 0.25) is 4.34 Å². The normalized spacial score (nSPS) is 31.4. The van der Waals surface area contributed by atoms with Gasteiger partial charge in [0.25, 0.3) is 0 Å². The summed E-state index contributed by atoms with van der Waals surface area (Å²) < 4.78 is 7.23. The van der Waals surface area contributed by atoms with Crippen molar-refractivity contribution < 1.29 is 4.74 Å². The minimum absolute atomic E-state index is 0.210. The number of aromatic amines is 1. The molecule has 4 heterocycles. The van der Waals surface area contributed by atoms with Crippen LogP contribution in [0.3, 0.4) is 0 Å². The maximum atomic E-state index is 6.36. The molecule has 0 radical (unpaired) electrons. The highest BCUT2D eigenvalue weighted by molar-refractivity contribution is 7.16. The van der Waals surface area contributed by atoms with Crippen molar-refractivity contribution in [1.29, 1.82) is 0 Å². The summed E-state index contributed by atoms with van der Waals surface area (Å²) in [6.45, 7) is 5.08. The second-order valence-corrected chi connectivity index (χ2v) is 8.12. The number of thiophene rings is 1. The number of hydrogen-bond acceptors (Lipinski definition) is 4. The quantitative estimate of drug-likeness (QED) is 0.834. The number of fused-ring (bicyclic) bond motifs is 2. The number of imidazole rings is 1. The lowest BCUT2D eigenvalue weighted by atomic mass is 9.79. The number of nitrogens with one attached hydrogen (secondary N) is 2. The SMILES string of the molecule is Cc1[nH]cnc1[C@@H]1C[C@]2(C[C@H](C)N1)OCCc1cc(Cl)sc12. The van der Waals surface area contributed by atoms with Crippen LogP contribution in [-0.4, -0.2) is 22.6 Å².